The number of nitrogens with zero attached hydrogens (tertiary/aromatic N) is 4. The monoisotopic (exact) mass is 541 g/mol. The fraction of sp³-hybridized carbons (Fsp3) is 0.0909. The Morgan fingerprint density at radius 2 is 1.66 bits per heavy atom. The van der Waals surface area contributed by atoms with E-state index in [1.165, 1.54) is 5.56 Å². The maximum atomic E-state index is 16.3. The first-order chi connectivity index (χ1) is 20.1. The van der Waals surface area contributed by atoms with Crippen molar-refractivity contribution in [2.45, 2.75) is 13.1 Å². The molecule has 7 nitrogen and oxygen atoms in total. The number of halogens is 1. The topological polar surface area (TPSA) is 91.4 Å². The molecule has 0 atom stereocenters. The van der Waals surface area contributed by atoms with Crippen LogP contribution in [0.3, 0.4) is 0 Å². The lowest BCUT2D eigenvalue weighted by Gasteiger charge is -2.15. The van der Waals surface area contributed by atoms with Crippen LogP contribution >= 0.6 is 0 Å². The Morgan fingerprint density at radius 3 is 2.46 bits per heavy atom. The van der Waals surface area contributed by atoms with Gasteiger partial charge in [0.2, 0.25) is 0 Å². The van der Waals surface area contributed by atoms with Crippen molar-refractivity contribution in [1.29, 1.82) is 0 Å². The number of aromatic amines is 1. The van der Waals surface area contributed by atoms with E-state index in [9.17, 15) is 0 Å². The van der Waals surface area contributed by atoms with Crippen LogP contribution in [0.4, 0.5) is 10.1 Å². The van der Waals surface area contributed by atoms with E-state index in [-0.39, 0.29) is 5.69 Å². The molecule has 5 aromatic heterocycles. The predicted octanol–water partition coefficient (Wildman–Crippen LogP) is 6.61. The molecule has 0 aliphatic rings. The first-order valence-corrected chi connectivity index (χ1v) is 13.3. The van der Waals surface area contributed by atoms with Crippen molar-refractivity contribution in [3.8, 4) is 22.5 Å². The molecule has 3 N–H and O–H groups in total. The van der Waals surface area contributed by atoms with E-state index in [0.717, 1.165) is 34.3 Å². The van der Waals surface area contributed by atoms with E-state index in [0.29, 0.717) is 34.6 Å². The second kappa shape index (κ2) is 11.5. The van der Waals surface area contributed by atoms with Crippen LogP contribution in [0, 0.1) is 5.82 Å². The molecule has 6 rings (SSSR count). The highest BCUT2D eigenvalue weighted by atomic mass is 19.1. The summed E-state index contributed by atoms with van der Waals surface area (Å²) in [5.41, 5.74) is 7.55. The van der Waals surface area contributed by atoms with Crippen LogP contribution in [-0.2, 0) is 13.1 Å². The van der Waals surface area contributed by atoms with Crippen molar-refractivity contribution < 1.29 is 4.39 Å². The zero-order valence-corrected chi connectivity index (χ0v) is 22.5. The molecule has 0 radical (unpaired) electrons. The van der Waals surface area contributed by atoms with Gasteiger partial charge >= 0.3 is 0 Å². The summed E-state index contributed by atoms with van der Waals surface area (Å²) in [6.07, 6.45) is 10.3. The number of aromatic nitrogens is 5. The van der Waals surface area contributed by atoms with Crippen molar-refractivity contribution in [3.63, 3.8) is 0 Å². The molecule has 0 aliphatic heterocycles. The highest BCUT2D eigenvalue weighted by molar-refractivity contribution is 5.97. The lowest BCUT2D eigenvalue weighted by atomic mass is 9.99. The molecule has 8 heteroatoms. The summed E-state index contributed by atoms with van der Waals surface area (Å²) < 4.78 is 16.3. The Kier molecular flexibility index (Phi) is 7.30. The van der Waals surface area contributed by atoms with Gasteiger partial charge in [0.25, 0.3) is 0 Å². The second-order valence-electron chi connectivity index (χ2n) is 9.65. The first kappa shape index (κ1) is 26.0. The van der Waals surface area contributed by atoms with Gasteiger partial charge < -0.3 is 15.6 Å². The zero-order chi connectivity index (χ0) is 28.2. The summed E-state index contributed by atoms with van der Waals surface area (Å²) in [7, 11) is 1.74. The lowest BCUT2D eigenvalue weighted by Crippen LogP contribution is -2.12. The molecule has 0 bridgehead atoms. The third-order valence-electron chi connectivity index (χ3n) is 6.97. The van der Waals surface area contributed by atoms with E-state index < -0.39 is 5.82 Å². The average Bonchev–Trinajstić information content (AvgIpc) is 3.46. The van der Waals surface area contributed by atoms with Crippen molar-refractivity contribution in [1.82, 2.24) is 30.2 Å². The minimum atomic E-state index is -0.470. The Labute approximate surface area is 237 Å². The molecular formula is C33H28FN7. The third-order valence-corrected chi connectivity index (χ3v) is 6.97. The molecule has 5 heterocycles. The molecular weight excluding hydrogens is 513 g/mol. The molecule has 0 amide bonds. The summed E-state index contributed by atoms with van der Waals surface area (Å²) in [5, 5.41) is 7.39. The van der Waals surface area contributed by atoms with Crippen molar-refractivity contribution in [3.05, 3.63) is 133 Å². The van der Waals surface area contributed by atoms with Gasteiger partial charge in [0.15, 0.2) is 5.82 Å². The van der Waals surface area contributed by atoms with Crippen LogP contribution in [0.15, 0.2) is 104 Å². The van der Waals surface area contributed by atoms with Crippen LogP contribution in [0.5, 0.6) is 0 Å². The Bertz CT molecular complexity index is 1830. The normalized spacial score (nSPS) is 11.1. The Balaban J connectivity index is 1.32. The number of hydrogen-bond acceptors (Lipinski definition) is 6. The van der Waals surface area contributed by atoms with Crippen LogP contribution in [0.1, 0.15) is 22.4 Å². The van der Waals surface area contributed by atoms with Gasteiger partial charge in [-0.15, -0.1) is 0 Å². The summed E-state index contributed by atoms with van der Waals surface area (Å²) in [4.78, 5) is 21.0. The van der Waals surface area contributed by atoms with Crippen LogP contribution < -0.4 is 10.6 Å². The standard InChI is InChI=1S/C33H28FN7/c1-21(28-14-26-27(41-28)10-12-39-32(26)24-9-6-11-36-18-24)30-29(35-2)20-40-33(31(30)34)25-13-23(17-38-19-25)16-37-15-22-7-4-3-5-8-22/h3-14,17-20,35,37,41H,1,15-16H2,2H3. The first-order valence-electron chi connectivity index (χ1n) is 13.3. The van der Waals surface area contributed by atoms with E-state index in [1.54, 1.807) is 44.2 Å². The van der Waals surface area contributed by atoms with Crippen LogP contribution in [0.2, 0.25) is 0 Å². The molecule has 0 aliphatic carbocycles. The number of fused-ring (bicyclic) bond motifs is 1. The quantitative estimate of drug-likeness (QED) is 0.191. The molecule has 0 fully saturated rings. The smallest absolute Gasteiger partial charge is 0.159 e. The Morgan fingerprint density at radius 1 is 0.829 bits per heavy atom. The number of benzene rings is 1. The van der Waals surface area contributed by atoms with Crippen molar-refractivity contribution in [2.75, 3.05) is 12.4 Å². The number of hydrogen-bond donors (Lipinski definition) is 3. The lowest BCUT2D eigenvalue weighted by molar-refractivity contribution is 0.622. The number of H-pyrrole nitrogens is 1. The summed E-state index contributed by atoms with van der Waals surface area (Å²) in [6, 6.07) is 19.8. The maximum Gasteiger partial charge on any atom is 0.159 e. The molecule has 0 unspecified atom stereocenters. The maximum absolute atomic E-state index is 16.3. The molecule has 6 aromatic rings. The molecule has 202 valence electrons. The highest BCUT2D eigenvalue weighted by Gasteiger charge is 2.21. The summed E-state index contributed by atoms with van der Waals surface area (Å²) >= 11 is 0. The van der Waals surface area contributed by atoms with Gasteiger partial charge in [-0.2, -0.15) is 0 Å². The zero-order valence-electron chi connectivity index (χ0n) is 22.5. The van der Waals surface area contributed by atoms with Gasteiger partial charge in [-0.1, -0.05) is 36.9 Å². The molecule has 1 aromatic carbocycles. The fourth-order valence-corrected chi connectivity index (χ4v) is 4.92. The summed E-state index contributed by atoms with van der Waals surface area (Å²) in [5.74, 6) is -0.470. The molecule has 41 heavy (non-hydrogen) atoms. The van der Waals surface area contributed by atoms with Gasteiger partial charge in [-0.25, -0.2) is 4.39 Å². The third kappa shape index (κ3) is 5.33. The van der Waals surface area contributed by atoms with Crippen LogP contribution in [0.25, 0.3) is 39.0 Å². The largest absolute Gasteiger partial charge is 0.386 e. The van der Waals surface area contributed by atoms with E-state index in [1.807, 2.05) is 48.5 Å². The summed E-state index contributed by atoms with van der Waals surface area (Å²) in [6.45, 7) is 5.60. The van der Waals surface area contributed by atoms with E-state index in [2.05, 4.69) is 54.3 Å². The van der Waals surface area contributed by atoms with Gasteiger partial charge in [-0.3, -0.25) is 19.9 Å². The molecule has 0 saturated heterocycles. The minimum absolute atomic E-state index is 0.214. The van der Waals surface area contributed by atoms with Crippen molar-refractivity contribution >= 4 is 22.2 Å². The number of pyridine rings is 4. The fourth-order valence-electron chi connectivity index (χ4n) is 4.92. The number of nitrogens with one attached hydrogen (secondary N) is 3. The van der Waals surface area contributed by atoms with E-state index in [4.69, 9.17) is 0 Å². The van der Waals surface area contributed by atoms with E-state index >= 15 is 4.39 Å². The number of anilines is 1. The van der Waals surface area contributed by atoms with Crippen LogP contribution in [-0.4, -0.2) is 32.0 Å². The van der Waals surface area contributed by atoms with Crippen molar-refractivity contribution in [2.24, 2.45) is 0 Å². The number of rotatable bonds is 9. The molecule has 0 spiro atoms. The molecule has 0 saturated carbocycles. The second-order valence-corrected chi connectivity index (χ2v) is 9.65. The van der Waals surface area contributed by atoms with Gasteiger partial charge in [0, 0.05) is 90.0 Å². The Hall–Kier alpha value is -5.21. The highest BCUT2D eigenvalue weighted by Crippen LogP contribution is 2.36. The van der Waals surface area contributed by atoms with Gasteiger partial charge in [-0.05, 0) is 41.5 Å². The van der Waals surface area contributed by atoms with Gasteiger partial charge in [0.1, 0.15) is 5.69 Å². The predicted molar refractivity (Wildman–Crippen MR) is 161 cm³/mol. The average molecular weight is 542 g/mol. The minimum Gasteiger partial charge on any atom is -0.386 e. The SMILES string of the molecule is C=C(c1cc2c(-c3cccnc3)nccc2[nH]1)c1c(NC)cnc(-c2cncc(CNCc3ccccc3)c2)c1F. The van der Waals surface area contributed by atoms with Gasteiger partial charge in [0.05, 0.1) is 17.6 Å².